The second-order valence-electron chi connectivity index (χ2n) is 3.61. The van der Waals surface area contributed by atoms with Crippen molar-refractivity contribution in [3.63, 3.8) is 0 Å². The van der Waals surface area contributed by atoms with Gasteiger partial charge in [0.05, 0.1) is 0 Å². The van der Waals surface area contributed by atoms with E-state index in [1.165, 1.54) is 16.6 Å². The SMILES string of the molecule is NNc1ncccc1S(=O)(=O)N1CCCC1. The minimum atomic E-state index is -3.45. The molecule has 1 aromatic heterocycles. The number of sulfonamides is 1. The Bertz CT molecular complexity index is 468. The van der Waals surface area contributed by atoms with Gasteiger partial charge in [-0.2, -0.15) is 4.31 Å². The number of hydrogen-bond donors (Lipinski definition) is 2. The fourth-order valence-electron chi connectivity index (χ4n) is 1.77. The minimum Gasteiger partial charge on any atom is -0.307 e. The van der Waals surface area contributed by atoms with Gasteiger partial charge in [0, 0.05) is 19.3 Å². The Hall–Kier alpha value is -1.18. The van der Waals surface area contributed by atoms with Crippen molar-refractivity contribution in [3.8, 4) is 0 Å². The van der Waals surface area contributed by atoms with E-state index in [9.17, 15) is 8.42 Å². The average molecular weight is 242 g/mol. The third-order valence-electron chi connectivity index (χ3n) is 2.59. The number of nitrogens with one attached hydrogen (secondary N) is 1. The lowest BCUT2D eigenvalue weighted by Crippen LogP contribution is -2.29. The lowest BCUT2D eigenvalue weighted by atomic mass is 10.4. The van der Waals surface area contributed by atoms with Crippen LogP contribution in [0.2, 0.25) is 0 Å². The Morgan fingerprint density at radius 3 is 2.69 bits per heavy atom. The van der Waals surface area contributed by atoms with Gasteiger partial charge in [0.1, 0.15) is 4.90 Å². The summed E-state index contributed by atoms with van der Waals surface area (Å²) in [7, 11) is -3.45. The van der Waals surface area contributed by atoms with Crippen molar-refractivity contribution in [2.75, 3.05) is 18.5 Å². The topological polar surface area (TPSA) is 88.3 Å². The standard InChI is InChI=1S/C9H14N4O2S/c10-12-9-8(4-3-5-11-9)16(14,15)13-6-1-2-7-13/h3-5H,1-2,6-7,10H2,(H,11,12). The van der Waals surface area contributed by atoms with E-state index in [4.69, 9.17) is 5.84 Å². The maximum Gasteiger partial charge on any atom is 0.246 e. The van der Waals surface area contributed by atoms with Gasteiger partial charge in [0.15, 0.2) is 5.82 Å². The molecule has 0 unspecified atom stereocenters. The zero-order chi connectivity index (χ0) is 11.6. The number of anilines is 1. The number of hydrazine groups is 1. The molecule has 0 saturated carbocycles. The minimum absolute atomic E-state index is 0.138. The monoisotopic (exact) mass is 242 g/mol. The molecule has 2 heterocycles. The van der Waals surface area contributed by atoms with Crippen LogP contribution in [0.5, 0.6) is 0 Å². The molecule has 0 aliphatic carbocycles. The highest BCUT2D eigenvalue weighted by molar-refractivity contribution is 7.89. The number of nitrogens with two attached hydrogens (primary N) is 1. The number of nitrogens with zero attached hydrogens (tertiary/aromatic N) is 2. The Morgan fingerprint density at radius 1 is 1.38 bits per heavy atom. The van der Waals surface area contributed by atoms with Crippen molar-refractivity contribution in [1.29, 1.82) is 0 Å². The van der Waals surface area contributed by atoms with E-state index in [0.29, 0.717) is 13.1 Å². The first kappa shape index (κ1) is 11.3. The van der Waals surface area contributed by atoms with Crippen LogP contribution in [0.3, 0.4) is 0 Å². The van der Waals surface area contributed by atoms with Crippen LogP contribution in [0.25, 0.3) is 0 Å². The quantitative estimate of drug-likeness (QED) is 0.582. The van der Waals surface area contributed by atoms with Crippen molar-refractivity contribution in [2.24, 2.45) is 5.84 Å². The summed E-state index contributed by atoms with van der Waals surface area (Å²) in [5.41, 5.74) is 2.31. The predicted molar refractivity (Wildman–Crippen MR) is 60.0 cm³/mol. The molecule has 0 spiro atoms. The molecule has 16 heavy (non-hydrogen) atoms. The second kappa shape index (κ2) is 4.36. The molecule has 88 valence electrons. The van der Waals surface area contributed by atoms with Gasteiger partial charge in [-0.25, -0.2) is 19.2 Å². The molecule has 0 amide bonds. The number of nitrogen functional groups attached to an aromatic ring is 1. The Morgan fingerprint density at radius 2 is 2.06 bits per heavy atom. The fraction of sp³-hybridized carbons (Fsp3) is 0.444. The van der Waals surface area contributed by atoms with Gasteiger partial charge in [-0.05, 0) is 25.0 Å². The van der Waals surface area contributed by atoms with Gasteiger partial charge in [-0.15, -0.1) is 0 Å². The fourth-order valence-corrected chi connectivity index (χ4v) is 3.40. The van der Waals surface area contributed by atoms with Gasteiger partial charge in [0.2, 0.25) is 10.0 Å². The smallest absolute Gasteiger partial charge is 0.246 e. The molecule has 1 saturated heterocycles. The number of aromatic nitrogens is 1. The Balaban J connectivity index is 2.42. The molecule has 0 atom stereocenters. The third-order valence-corrected chi connectivity index (χ3v) is 4.52. The van der Waals surface area contributed by atoms with E-state index in [1.54, 1.807) is 6.07 Å². The lowest BCUT2D eigenvalue weighted by molar-refractivity contribution is 0.477. The summed E-state index contributed by atoms with van der Waals surface area (Å²) in [4.78, 5) is 4.03. The number of hydrogen-bond acceptors (Lipinski definition) is 5. The van der Waals surface area contributed by atoms with Crippen molar-refractivity contribution >= 4 is 15.8 Å². The zero-order valence-electron chi connectivity index (χ0n) is 8.76. The zero-order valence-corrected chi connectivity index (χ0v) is 9.57. The molecular formula is C9H14N4O2S. The summed E-state index contributed by atoms with van der Waals surface area (Å²) < 4.78 is 25.9. The summed E-state index contributed by atoms with van der Waals surface area (Å²) >= 11 is 0. The van der Waals surface area contributed by atoms with Crippen LogP contribution in [0.4, 0.5) is 5.82 Å². The highest BCUT2D eigenvalue weighted by Crippen LogP contribution is 2.24. The highest BCUT2D eigenvalue weighted by atomic mass is 32.2. The van der Waals surface area contributed by atoms with Crippen LogP contribution in [-0.4, -0.2) is 30.8 Å². The molecule has 0 aromatic carbocycles. The normalized spacial score (nSPS) is 17.6. The van der Waals surface area contributed by atoms with Crippen LogP contribution in [0, 0.1) is 0 Å². The van der Waals surface area contributed by atoms with E-state index >= 15 is 0 Å². The van der Waals surface area contributed by atoms with Crippen molar-refractivity contribution in [2.45, 2.75) is 17.7 Å². The van der Waals surface area contributed by atoms with E-state index in [0.717, 1.165) is 12.8 Å². The van der Waals surface area contributed by atoms with E-state index < -0.39 is 10.0 Å². The maximum atomic E-state index is 12.2. The molecule has 1 aliphatic rings. The molecular weight excluding hydrogens is 228 g/mol. The Kier molecular flexibility index (Phi) is 3.08. The van der Waals surface area contributed by atoms with Gasteiger partial charge in [-0.3, -0.25) is 0 Å². The van der Waals surface area contributed by atoms with Crippen LogP contribution in [0.15, 0.2) is 23.2 Å². The lowest BCUT2D eigenvalue weighted by Gasteiger charge is -2.16. The van der Waals surface area contributed by atoms with E-state index in [-0.39, 0.29) is 10.7 Å². The largest absolute Gasteiger partial charge is 0.307 e. The van der Waals surface area contributed by atoms with E-state index in [1.807, 2.05) is 0 Å². The Labute approximate surface area is 94.5 Å². The molecule has 3 N–H and O–H groups in total. The van der Waals surface area contributed by atoms with Crippen LogP contribution < -0.4 is 11.3 Å². The molecule has 0 bridgehead atoms. The highest BCUT2D eigenvalue weighted by Gasteiger charge is 2.29. The maximum absolute atomic E-state index is 12.2. The molecule has 6 nitrogen and oxygen atoms in total. The van der Waals surface area contributed by atoms with Gasteiger partial charge in [-0.1, -0.05) is 0 Å². The van der Waals surface area contributed by atoms with Gasteiger partial charge in [0.25, 0.3) is 0 Å². The number of rotatable bonds is 3. The molecule has 0 radical (unpaired) electrons. The van der Waals surface area contributed by atoms with Crippen LogP contribution in [-0.2, 0) is 10.0 Å². The summed E-state index contributed by atoms with van der Waals surface area (Å²) in [6.45, 7) is 1.14. The molecule has 1 fully saturated rings. The predicted octanol–water partition coefficient (Wildman–Crippen LogP) is 0.152. The van der Waals surface area contributed by atoms with Gasteiger partial charge >= 0.3 is 0 Å². The van der Waals surface area contributed by atoms with Crippen LogP contribution in [0.1, 0.15) is 12.8 Å². The van der Waals surface area contributed by atoms with Crippen molar-refractivity contribution < 1.29 is 8.42 Å². The molecule has 1 aromatic rings. The average Bonchev–Trinajstić information content (AvgIpc) is 2.83. The summed E-state index contributed by atoms with van der Waals surface area (Å²) in [5.74, 6) is 5.44. The first-order valence-electron chi connectivity index (χ1n) is 5.08. The van der Waals surface area contributed by atoms with Gasteiger partial charge < -0.3 is 5.43 Å². The van der Waals surface area contributed by atoms with Crippen molar-refractivity contribution in [3.05, 3.63) is 18.3 Å². The molecule has 2 rings (SSSR count). The molecule has 7 heteroatoms. The number of pyridine rings is 1. The summed E-state index contributed by atoms with van der Waals surface area (Å²) in [6.07, 6.45) is 3.31. The first-order valence-corrected chi connectivity index (χ1v) is 6.52. The van der Waals surface area contributed by atoms with Crippen LogP contribution >= 0.6 is 0 Å². The second-order valence-corrected chi connectivity index (χ2v) is 5.51. The molecule has 1 aliphatic heterocycles. The van der Waals surface area contributed by atoms with E-state index in [2.05, 4.69) is 10.4 Å². The summed E-state index contributed by atoms with van der Waals surface area (Å²) in [6, 6.07) is 3.10. The summed E-state index contributed by atoms with van der Waals surface area (Å²) in [5, 5.41) is 0. The first-order chi connectivity index (χ1) is 7.66. The van der Waals surface area contributed by atoms with Crippen molar-refractivity contribution in [1.82, 2.24) is 9.29 Å². The third kappa shape index (κ3) is 1.89.